The number of benzene rings is 2. The number of carbonyl (C=O) groups is 2. The molecule has 5 rings (SSSR count). The zero-order valence-electron chi connectivity index (χ0n) is 20.6. The van der Waals surface area contributed by atoms with Crippen molar-refractivity contribution in [1.29, 1.82) is 0 Å². The first-order valence-electron chi connectivity index (χ1n) is 11.8. The van der Waals surface area contributed by atoms with Crippen LogP contribution >= 0.6 is 0 Å². The number of nitrogens with zero attached hydrogens (tertiary/aromatic N) is 3. The summed E-state index contributed by atoms with van der Waals surface area (Å²) in [5.41, 5.74) is 7.53. The topological polar surface area (TPSA) is 134 Å². The van der Waals surface area contributed by atoms with Crippen LogP contribution in [0.1, 0.15) is 53.0 Å². The number of hydrogen-bond donors (Lipinski definition) is 1. The molecule has 2 amide bonds. The molecule has 2 aromatic carbocycles. The van der Waals surface area contributed by atoms with Gasteiger partial charge in [0.1, 0.15) is 0 Å². The fourth-order valence-electron chi connectivity index (χ4n) is 4.84. The fraction of sp³-hybridized carbons (Fsp3) is 0.346. The SMILES string of the molecule is C[C-]=C(C(C)=[N-])c1cc(C(N)=O)c2c(c1)c1cc(C(=O)N3CCOCC3)ccc1n2S(=O)(=O)C1CC1.[U+2]. The molecule has 37 heavy (non-hydrogen) atoms. The summed E-state index contributed by atoms with van der Waals surface area (Å²) in [5, 5.41) is 10.6. The third-order valence-electron chi connectivity index (χ3n) is 6.73. The molecule has 9 nitrogen and oxygen atoms in total. The Morgan fingerprint density at radius 1 is 1.08 bits per heavy atom. The minimum Gasteiger partial charge on any atom is -0.876 e. The third kappa shape index (κ3) is 4.78. The van der Waals surface area contributed by atoms with Gasteiger partial charge in [0.15, 0.2) is 0 Å². The predicted molar refractivity (Wildman–Crippen MR) is 138 cm³/mol. The molecule has 2 heterocycles. The van der Waals surface area contributed by atoms with E-state index < -0.39 is 21.2 Å². The number of morpholine rings is 1. The molecular formula is C26H26N4O5SU. The van der Waals surface area contributed by atoms with Gasteiger partial charge in [-0.25, -0.2) is 24.0 Å². The quantitative estimate of drug-likeness (QED) is 0.306. The fourth-order valence-corrected chi connectivity index (χ4v) is 6.75. The van der Waals surface area contributed by atoms with Crippen LogP contribution in [-0.4, -0.2) is 66.4 Å². The maximum atomic E-state index is 13.6. The van der Waals surface area contributed by atoms with Crippen LogP contribution in [0.25, 0.3) is 32.8 Å². The monoisotopic (exact) mass is 744 g/mol. The van der Waals surface area contributed by atoms with Gasteiger partial charge in [-0.1, -0.05) is 13.0 Å². The second kappa shape index (κ2) is 10.4. The second-order valence-corrected chi connectivity index (χ2v) is 11.2. The van der Waals surface area contributed by atoms with Gasteiger partial charge in [0.05, 0.1) is 35.1 Å². The third-order valence-corrected chi connectivity index (χ3v) is 8.93. The molecule has 0 atom stereocenters. The Hall–Kier alpha value is -2.45. The van der Waals surface area contributed by atoms with Gasteiger partial charge in [0, 0.05) is 24.0 Å². The molecule has 2 aliphatic rings. The molecule has 190 valence electrons. The van der Waals surface area contributed by atoms with E-state index in [0.717, 1.165) is 0 Å². The molecule has 0 bridgehead atoms. The van der Waals surface area contributed by atoms with Crippen molar-refractivity contribution in [3.63, 3.8) is 0 Å². The largest absolute Gasteiger partial charge is 2.00 e. The molecule has 2 fully saturated rings. The van der Waals surface area contributed by atoms with Crippen LogP contribution in [0.3, 0.4) is 0 Å². The molecule has 1 aromatic heterocycles. The molecule has 0 unspecified atom stereocenters. The standard InChI is InChI=1S/C26H26N4O5S.U/c1-3-19(15(2)27)17-13-21-20-12-16(26(32)29-8-10-35-11-9-29)4-7-23(20)30(36(33,34)18-5-6-18)24(21)22(14-17)25(28)31;/h4,7,12-14,18H,5-6,8-11H2,1-2H3,(H2,28,31);/q-2;+2. The van der Waals surface area contributed by atoms with Crippen molar-refractivity contribution in [2.24, 2.45) is 5.73 Å². The number of ether oxygens (including phenoxy) is 1. The zero-order chi connectivity index (χ0) is 25.8. The Morgan fingerprint density at radius 3 is 2.30 bits per heavy atom. The number of primary amides is 1. The van der Waals surface area contributed by atoms with E-state index >= 15 is 0 Å². The number of allylic oxidation sites excluding steroid dienone is 2. The zero-order valence-corrected chi connectivity index (χ0v) is 25.6. The van der Waals surface area contributed by atoms with E-state index in [1.807, 2.05) is 0 Å². The summed E-state index contributed by atoms with van der Waals surface area (Å²) in [7, 11) is -3.82. The molecule has 0 spiro atoms. The summed E-state index contributed by atoms with van der Waals surface area (Å²) in [6.07, 6.45) is 3.99. The summed E-state index contributed by atoms with van der Waals surface area (Å²) in [4.78, 5) is 27.5. The Bertz CT molecular complexity index is 1580. The van der Waals surface area contributed by atoms with Crippen molar-refractivity contribution in [1.82, 2.24) is 8.87 Å². The Morgan fingerprint density at radius 2 is 1.73 bits per heavy atom. The summed E-state index contributed by atoms with van der Waals surface area (Å²) in [6, 6.07) is 8.07. The van der Waals surface area contributed by atoms with E-state index in [1.54, 1.807) is 36.1 Å². The summed E-state index contributed by atoms with van der Waals surface area (Å²) >= 11 is 0. The molecular weight excluding hydrogens is 718 g/mol. The molecule has 11 heteroatoms. The van der Waals surface area contributed by atoms with E-state index in [0.29, 0.717) is 72.1 Å². The van der Waals surface area contributed by atoms with Crippen molar-refractivity contribution in [2.75, 3.05) is 26.3 Å². The summed E-state index contributed by atoms with van der Waals surface area (Å²) in [6.45, 7) is 4.98. The first kappa shape index (κ1) is 27.6. The average Bonchev–Trinajstić information content (AvgIpc) is 3.67. The van der Waals surface area contributed by atoms with Crippen LogP contribution in [0.4, 0.5) is 0 Å². The molecule has 0 radical (unpaired) electrons. The number of aromatic nitrogens is 1. The maximum absolute atomic E-state index is 13.6. The number of hydrogen-bond acceptors (Lipinski definition) is 5. The van der Waals surface area contributed by atoms with Gasteiger partial charge >= 0.3 is 31.1 Å². The molecule has 1 saturated carbocycles. The van der Waals surface area contributed by atoms with E-state index in [4.69, 9.17) is 10.5 Å². The maximum Gasteiger partial charge on any atom is 2.00 e. The first-order chi connectivity index (χ1) is 17.1. The van der Waals surface area contributed by atoms with Crippen molar-refractivity contribution < 1.29 is 53.9 Å². The van der Waals surface area contributed by atoms with Gasteiger partial charge in [-0.15, -0.1) is 18.6 Å². The van der Waals surface area contributed by atoms with E-state index in [9.17, 15) is 23.4 Å². The van der Waals surface area contributed by atoms with Crippen LogP contribution < -0.4 is 5.73 Å². The van der Waals surface area contributed by atoms with Crippen molar-refractivity contribution >= 4 is 54.9 Å². The molecule has 2 N–H and O–H groups in total. The van der Waals surface area contributed by atoms with E-state index in [2.05, 4.69) is 6.08 Å². The first-order valence-corrected chi connectivity index (χ1v) is 13.3. The van der Waals surface area contributed by atoms with Gasteiger partial charge in [0.25, 0.3) is 5.91 Å². The minimum absolute atomic E-state index is 0. The van der Waals surface area contributed by atoms with Crippen LogP contribution in [-0.2, 0) is 14.8 Å². The predicted octanol–water partition coefficient (Wildman–Crippen LogP) is 2.94. The van der Waals surface area contributed by atoms with Gasteiger partial charge in [-0.05, 0) is 36.4 Å². The van der Waals surface area contributed by atoms with Crippen LogP contribution in [0.15, 0.2) is 30.3 Å². The van der Waals surface area contributed by atoms with Crippen molar-refractivity contribution in [3.05, 3.63) is 58.5 Å². The van der Waals surface area contributed by atoms with Gasteiger partial charge < -0.3 is 20.8 Å². The number of carbonyl (C=O) groups excluding carboxylic acids is 2. The van der Waals surface area contributed by atoms with Gasteiger partial charge in [0.2, 0.25) is 15.9 Å². The van der Waals surface area contributed by atoms with Crippen LogP contribution in [0.2, 0.25) is 0 Å². The minimum atomic E-state index is -3.82. The van der Waals surface area contributed by atoms with Crippen molar-refractivity contribution in [3.8, 4) is 0 Å². The van der Waals surface area contributed by atoms with Crippen molar-refractivity contribution in [2.45, 2.75) is 31.9 Å². The number of fused-ring (bicyclic) bond motifs is 3. The Kier molecular flexibility index (Phi) is 7.73. The van der Waals surface area contributed by atoms with Gasteiger partial charge in [-0.2, -0.15) is 0 Å². The molecule has 1 saturated heterocycles. The Labute approximate surface area is 238 Å². The smallest absolute Gasteiger partial charge is 0.876 e. The Balaban J connectivity index is 0.00000320. The molecule has 1 aliphatic carbocycles. The van der Waals surface area contributed by atoms with E-state index in [1.165, 1.54) is 17.0 Å². The summed E-state index contributed by atoms with van der Waals surface area (Å²) in [5.74, 6) is -0.980. The van der Waals surface area contributed by atoms with Crippen LogP contribution in [0.5, 0.6) is 0 Å². The van der Waals surface area contributed by atoms with E-state index in [-0.39, 0.29) is 53.8 Å². The molecule has 3 aromatic rings. The number of amides is 2. The number of nitrogens with two attached hydrogens (primary N) is 1. The second-order valence-electron chi connectivity index (χ2n) is 9.14. The molecule has 1 aliphatic heterocycles. The number of rotatable bonds is 6. The van der Waals surface area contributed by atoms with Gasteiger partial charge in [-0.3, -0.25) is 15.3 Å². The normalized spacial score (nSPS) is 16.6. The average molecular weight is 745 g/mol. The summed E-state index contributed by atoms with van der Waals surface area (Å²) < 4.78 is 33.7. The van der Waals surface area contributed by atoms with Crippen LogP contribution in [0, 0.1) is 37.2 Å².